The zero-order chi connectivity index (χ0) is 19.5. The normalized spacial score (nSPS) is 11.1. The number of benzene rings is 2. The third-order valence-corrected chi connectivity index (χ3v) is 5.64. The number of hydrogen-bond acceptors (Lipinski definition) is 5. The number of fused-ring (bicyclic) bond motifs is 1. The highest BCUT2D eigenvalue weighted by Crippen LogP contribution is 2.37. The maximum Gasteiger partial charge on any atom is 0.143 e. The minimum Gasteiger partial charge on any atom is -0.493 e. The predicted molar refractivity (Wildman–Crippen MR) is 121 cm³/mol. The zero-order valence-electron chi connectivity index (χ0n) is 15.6. The molecule has 0 aliphatic rings. The number of thiophene rings is 1. The summed E-state index contributed by atoms with van der Waals surface area (Å²) in [7, 11) is 0. The fourth-order valence-corrected chi connectivity index (χ4v) is 4.03. The Morgan fingerprint density at radius 2 is 1.79 bits per heavy atom. The Kier molecular flexibility index (Phi) is 5.59. The van der Waals surface area contributed by atoms with E-state index in [2.05, 4.69) is 62.6 Å². The maximum atomic E-state index is 5.76. The summed E-state index contributed by atoms with van der Waals surface area (Å²) >= 11 is 5.12. The Morgan fingerprint density at radius 1 is 1.04 bits per heavy atom. The van der Waals surface area contributed by atoms with E-state index < -0.39 is 0 Å². The van der Waals surface area contributed by atoms with Gasteiger partial charge >= 0.3 is 0 Å². The first kappa shape index (κ1) is 18.9. The highest BCUT2D eigenvalue weighted by atomic mass is 79.9. The van der Waals surface area contributed by atoms with Crippen LogP contribution in [0.4, 0.5) is 11.5 Å². The lowest BCUT2D eigenvalue weighted by Gasteiger charge is -2.11. The topological polar surface area (TPSA) is 47.0 Å². The zero-order valence-corrected chi connectivity index (χ0v) is 18.0. The Morgan fingerprint density at radius 3 is 2.50 bits per heavy atom. The molecule has 2 heterocycles. The highest BCUT2D eigenvalue weighted by molar-refractivity contribution is 9.10. The Bertz CT molecular complexity index is 1080. The number of ether oxygens (including phenoxy) is 1. The van der Waals surface area contributed by atoms with Gasteiger partial charge in [0.2, 0.25) is 0 Å². The molecule has 0 aliphatic heterocycles. The van der Waals surface area contributed by atoms with Gasteiger partial charge in [0.05, 0.1) is 12.0 Å². The molecular weight excluding hydrogens is 434 g/mol. The van der Waals surface area contributed by atoms with E-state index >= 15 is 0 Å². The third kappa shape index (κ3) is 4.18. The van der Waals surface area contributed by atoms with Gasteiger partial charge in [0.25, 0.3) is 0 Å². The van der Waals surface area contributed by atoms with E-state index in [4.69, 9.17) is 4.74 Å². The van der Waals surface area contributed by atoms with Crippen LogP contribution in [-0.4, -0.2) is 16.6 Å². The Hall–Kier alpha value is -2.44. The minimum atomic E-state index is 0.503. The van der Waals surface area contributed by atoms with Crippen LogP contribution in [0.25, 0.3) is 21.3 Å². The summed E-state index contributed by atoms with van der Waals surface area (Å²) in [6, 6.07) is 16.3. The van der Waals surface area contributed by atoms with Crippen LogP contribution in [0, 0.1) is 5.92 Å². The van der Waals surface area contributed by atoms with Gasteiger partial charge in [0.15, 0.2) is 0 Å². The average molecular weight is 454 g/mol. The van der Waals surface area contributed by atoms with Crippen LogP contribution in [-0.2, 0) is 0 Å². The number of halogens is 1. The summed E-state index contributed by atoms with van der Waals surface area (Å²) in [5, 5.41) is 6.61. The first-order valence-corrected chi connectivity index (χ1v) is 10.8. The summed E-state index contributed by atoms with van der Waals surface area (Å²) in [6.07, 6.45) is 1.60. The number of hydrogen-bond donors (Lipinski definition) is 1. The molecule has 28 heavy (non-hydrogen) atoms. The molecule has 4 aromatic rings. The molecule has 2 aromatic carbocycles. The fraction of sp³-hybridized carbons (Fsp3) is 0.182. The van der Waals surface area contributed by atoms with Crippen LogP contribution < -0.4 is 10.1 Å². The van der Waals surface area contributed by atoms with Crippen molar-refractivity contribution >= 4 is 49.0 Å². The number of rotatable bonds is 6. The predicted octanol–water partition coefficient (Wildman–Crippen LogP) is 6.90. The Balaban J connectivity index is 1.64. The maximum absolute atomic E-state index is 5.76. The van der Waals surface area contributed by atoms with E-state index in [1.807, 2.05) is 36.4 Å². The van der Waals surface area contributed by atoms with Crippen LogP contribution in [0.1, 0.15) is 13.8 Å². The van der Waals surface area contributed by atoms with Gasteiger partial charge in [-0.05, 0) is 47.9 Å². The van der Waals surface area contributed by atoms with Gasteiger partial charge in [-0.1, -0.05) is 41.9 Å². The molecule has 1 N–H and O–H groups in total. The third-order valence-electron chi connectivity index (χ3n) is 4.23. The largest absolute Gasteiger partial charge is 0.493 e. The van der Waals surface area contributed by atoms with Crippen LogP contribution in [0.15, 0.2) is 64.7 Å². The standard InChI is InChI=1S/C22H20BrN3OS/c1-14(2)11-27-18-9-7-17(8-10-18)26-21-20-19(12-28-22(20)25-13-24-21)15-3-5-16(23)6-4-15/h3-10,12-14H,11H2,1-2H3,(H,24,25,26). The SMILES string of the molecule is CC(C)COc1ccc(Nc2ncnc3scc(-c4ccc(Br)cc4)c23)cc1. The van der Waals surface area contributed by atoms with Gasteiger partial charge in [0, 0.05) is 21.1 Å². The summed E-state index contributed by atoms with van der Waals surface area (Å²) in [6.45, 7) is 4.99. The second kappa shape index (κ2) is 8.29. The lowest BCUT2D eigenvalue weighted by Crippen LogP contribution is -2.04. The average Bonchev–Trinajstić information content (AvgIpc) is 3.13. The molecule has 0 spiro atoms. The van der Waals surface area contributed by atoms with E-state index in [0.29, 0.717) is 12.5 Å². The van der Waals surface area contributed by atoms with E-state index in [1.54, 1.807) is 17.7 Å². The monoisotopic (exact) mass is 453 g/mol. The second-order valence-corrected chi connectivity index (χ2v) is 8.69. The first-order chi connectivity index (χ1) is 13.6. The molecule has 4 rings (SSSR count). The van der Waals surface area contributed by atoms with Crippen molar-refractivity contribution in [2.24, 2.45) is 5.92 Å². The van der Waals surface area contributed by atoms with Gasteiger partial charge in [0.1, 0.15) is 22.7 Å². The highest BCUT2D eigenvalue weighted by Gasteiger charge is 2.13. The van der Waals surface area contributed by atoms with E-state index in [9.17, 15) is 0 Å². The van der Waals surface area contributed by atoms with Crippen molar-refractivity contribution < 1.29 is 4.74 Å². The smallest absolute Gasteiger partial charge is 0.143 e. The quantitative estimate of drug-likeness (QED) is 0.344. The number of nitrogens with zero attached hydrogens (tertiary/aromatic N) is 2. The van der Waals surface area contributed by atoms with Crippen molar-refractivity contribution in [2.75, 3.05) is 11.9 Å². The molecule has 2 aromatic heterocycles. The summed E-state index contributed by atoms with van der Waals surface area (Å²) in [5.41, 5.74) is 3.24. The van der Waals surface area contributed by atoms with Crippen molar-refractivity contribution in [3.63, 3.8) is 0 Å². The van der Waals surface area contributed by atoms with Crippen LogP contribution in [0.5, 0.6) is 5.75 Å². The fourth-order valence-electron chi connectivity index (χ4n) is 2.85. The molecule has 0 amide bonds. The van der Waals surface area contributed by atoms with Crippen molar-refractivity contribution in [1.29, 1.82) is 0 Å². The van der Waals surface area contributed by atoms with E-state index in [-0.39, 0.29) is 0 Å². The minimum absolute atomic E-state index is 0.503. The van der Waals surface area contributed by atoms with Crippen molar-refractivity contribution in [3.05, 3.63) is 64.7 Å². The summed E-state index contributed by atoms with van der Waals surface area (Å²) in [5.74, 6) is 2.18. The van der Waals surface area contributed by atoms with Gasteiger partial charge in [-0.15, -0.1) is 11.3 Å². The molecule has 0 atom stereocenters. The van der Waals surface area contributed by atoms with Crippen molar-refractivity contribution in [1.82, 2.24) is 9.97 Å². The van der Waals surface area contributed by atoms with Crippen LogP contribution in [0.2, 0.25) is 0 Å². The van der Waals surface area contributed by atoms with Gasteiger partial charge in [-0.3, -0.25) is 0 Å². The van der Waals surface area contributed by atoms with Gasteiger partial charge in [-0.25, -0.2) is 9.97 Å². The summed E-state index contributed by atoms with van der Waals surface area (Å²) in [4.78, 5) is 9.91. The van der Waals surface area contributed by atoms with E-state index in [0.717, 1.165) is 43.1 Å². The molecule has 6 heteroatoms. The second-order valence-electron chi connectivity index (χ2n) is 6.91. The summed E-state index contributed by atoms with van der Waals surface area (Å²) < 4.78 is 6.82. The van der Waals surface area contributed by atoms with Crippen molar-refractivity contribution in [3.8, 4) is 16.9 Å². The lowest BCUT2D eigenvalue weighted by molar-refractivity contribution is 0.271. The van der Waals surface area contributed by atoms with Gasteiger partial charge in [-0.2, -0.15) is 0 Å². The van der Waals surface area contributed by atoms with Crippen LogP contribution >= 0.6 is 27.3 Å². The van der Waals surface area contributed by atoms with Gasteiger partial charge < -0.3 is 10.1 Å². The molecule has 142 valence electrons. The Labute approximate surface area is 176 Å². The van der Waals surface area contributed by atoms with Crippen LogP contribution in [0.3, 0.4) is 0 Å². The first-order valence-electron chi connectivity index (χ1n) is 9.08. The lowest BCUT2D eigenvalue weighted by atomic mass is 10.1. The van der Waals surface area contributed by atoms with E-state index in [1.165, 1.54) is 0 Å². The molecule has 0 saturated heterocycles. The number of aromatic nitrogens is 2. The molecule has 0 radical (unpaired) electrons. The number of nitrogens with one attached hydrogen (secondary N) is 1. The molecule has 0 saturated carbocycles. The molecule has 0 aliphatic carbocycles. The molecule has 0 bridgehead atoms. The number of anilines is 2. The molecule has 4 nitrogen and oxygen atoms in total. The van der Waals surface area contributed by atoms with Crippen molar-refractivity contribution in [2.45, 2.75) is 13.8 Å². The molecule has 0 unspecified atom stereocenters. The molecule has 0 fully saturated rings. The molecular formula is C22H20BrN3OS.